The van der Waals surface area contributed by atoms with Crippen LogP contribution >= 0.6 is 0 Å². The Kier molecular flexibility index (Phi) is 6.59. The van der Waals surface area contributed by atoms with Crippen LogP contribution in [-0.4, -0.2) is 20.6 Å². The van der Waals surface area contributed by atoms with E-state index in [1.807, 2.05) is 12.1 Å². The van der Waals surface area contributed by atoms with Crippen molar-refractivity contribution < 1.29 is 0 Å². The molecule has 0 saturated heterocycles. The molecule has 3 heterocycles. The lowest BCUT2D eigenvalue weighted by molar-refractivity contribution is 0.744. The zero-order valence-electron chi connectivity index (χ0n) is 27.3. The molecule has 0 bridgehead atoms. The van der Waals surface area contributed by atoms with E-state index in [1.165, 1.54) is 38.7 Å². The molecule has 4 heteroatoms. The summed E-state index contributed by atoms with van der Waals surface area (Å²) in [7, 11) is 0. The molecule has 1 aliphatic carbocycles. The predicted octanol–water partition coefficient (Wildman–Crippen LogP) is 11.3. The Hall–Kier alpha value is -6.52. The van der Waals surface area contributed by atoms with Gasteiger partial charge in [0.15, 0.2) is 5.82 Å². The van der Waals surface area contributed by atoms with Gasteiger partial charge in [-0.1, -0.05) is 121 Å². The lowest BCUT2D eigenvalue weighted by Gasteiger charge is -2.28. The second-order valence-corrected chi connectivity index (χ2v) is 13.0. The first-order valence-corrected chi connectivity index (χ1v) is 17.2. The van der Waals surface area contributed by atoms with Crippen molar-refractivity contribution in [3.8, 4) is 39.6 Å². The van der Waals surface area contributed by atoms with Gasteiger partial charge in [0.1, 0.15) is 0 Å². The molecular formula is C46H32N4. The minimum Gasteiger partial charge on any atom is -0.333 e. The fraction of sp³-hybridized carbons (Fsp3) is 0.0435. The molecule has 0 N–H and O–H groups in total. The van der Waals surface area contributed by atoms with E-state index in [2.05, 4.69) is 179 Å². The molecule has 0 spiro atoms. The van der Waals surface area contributed by atoms with Crippen molar-refractivity contribution in [2.24, 2.45) is 0 Å². The van der Waals surface area contributed by atoms with E-state index in [0.717, 1.165) is 33.8 Å². The number of hydrogen-bond donors (Lipinski definition) is 0. The second kappa shape index (κ2) is 11.6. The Morgan fingerprint density at radius 2 is 1.02 bits per heavy atom. The average Bonchev–Trinajstić information content (AvgIpc) is 3.71. The van der Waals surface area contributed by atoms with Crippen LogP contribution in [0.1, 0.15) is 11.5 Å². The van der Waals surface area contributed by atoms with Crippen LogP contribution in [0.5, 0.6) is 0 Å². The molecule has 1 aliphatic heterocycles. The number of allylic oxidation sites excluding steroid dienone is 2. The third kappa shape index (κ3) is 4.61. The molecule has 2 aromatic heterocycles. The van der Waals surface area contributed by atoms with Crippen molar-refractivity contribution >= 4 is 33.2 Å². The Labute approximate surface area is 290 Å². The van der Waals surface area contributed by atoms with Crippen LogP contribution in [0.3, 0.4) is 0 Å². The van der Waals surface area contributed by atoms with Gasteiger partial charge in [0.05, 0.1) is 28.5 Å². The molecule has 0 radical (unpaired) electrons. The Morgan fingerprint density at radius 1 is 0.460 bits per heavy atom. The third-order valence-electron chi connectivity index (χ3n) is 10.1. The van der Waals surface area contributed by atoms with E-state index < -0.39 is 0 Å². The van der Waals surface area contributed by atoms with Gasteiger partial charge in [-0.25, -0.2) is 9.97 Å². The highest BCUT2D eigenvalue weighted by atomic mass is 15.2. The minimum absolute atomic E-state index is 0.191. The summed E-state index contributed by atoms with van der Waals surface area (Å²) in [5.41, 5.74) is 12.3. The average molecular weight is 641 g/mol. The van der Waals surface area contributed by atoms with E-state index >= 15 is 0 Å². The topological polar surface area (TPSA) is 34.0 Å². The summed E-state index contributed by atoms with van der Waals surface area (Å²) in [5.74, 6) is 0.967. The van der Waals surface area contributed by atoms with E-state index in [1.54, 1.807) is 0 Å². The summed E-state index contributed by atoms with van der Waals surface area (Å²) in [5, 5.41) is 2.55. The number of anilines is 2. The number of fused-ring (bicyclic) bond motifs is 6. The summed E-state index contributed by atoms with van der Waals surface area (Å²) >= 11 is 0. The molecule has 10 rings (SSSR count). The van der Waals surface area contributed by atoms with Crippen LogP contribution in [0, 0.1) is 0 Å². The monoisotopic (exact) mass is 640 g/mol. The molecule has 50 heavy (non-hydrogen) atoms. The highest BCUT2D eigenvalue weighted by Gasteiger charge is 2.37. The smallest absolute Gasteiger partial charge is 0.160 e. The summed E-state index contributed by atoms with van der Waals surface area (Å²) in [6.45, 7) is 0. The number of para-hydroxylation sites is 2. The first kappa shape index (κ1) is 28.5. The zero-order chi connectivity index (χ0) is 33.0. The molecule has 4 nitrogen and oxygen atoms in total. The van der Waals surface area contributed by atoms with Gasteiger partial charge in [0.2, 0.25) is 0 Å². The lowest BCUT2D eigenvalue weighted by Crippen LogP contribution is -2.28. The zero-order valence-corrected chi connectivity index (χ0v) is 27.3. The maximum atomic E-state index is 5.06. The predicted molar refractivity (Wildman–Crippen MR) is 206 cm³/mol. The van der Waals surface area contributed by atoms with Crippen molar-refractivity contribution in [1.82, 2.24) is 14.5 Å². The van der Waals surface area contributed by atoms with Crippen LogP contribution in [0.15, 0.2) is 182 Å². The Balaban J connectivity index is 1.06. The van der Waals surface area contributed by atoms with E-state index in [-0.39, 0.29) is 12.0 Å². The van der Waals surface area contributed by atoms with Crippen molar-refractivity contribution in [3.63, 3.8) is 0 Å². The highest BCUT2D eigenvalue weighted by Crippen LogP contribution is 2.49. The molecule has 0 amide bonds. The standard InChI is InChI=1S/C46H32N4/c1-3-13-31(14-4-1)40-30-41(32-15-5-2-6-16-32)48-46(47-40)33-23-25-34(26-24-33)49-44-22-12-9-19-38(44)39-29-35(27-28-45(39)49)50-42-20-10-7-17-36(42)37-18-8-11-21-43(37)50/h1-30,38,44H. The number of nitrogens with zero attached hydrogens (tertiary/aromatic N) is 4. The Bertz CT molecular complexity index is 2490. The highest BCUT2D eigenvalue weighted by molar-refractivity contribution is 6.09. The molecule has 2 atom stereocenters. The van der Waals surface area contributed by atoms with Gasteiger partial charge in [0, 0.05) is 50.4 Å². The molecule has 0 fully saturated rings. The molecular weight excluding hydrogens is 609 g/mol. The summed E-state index contributed by atoms with van der Waals surface area (Å²) in [6.07, 6.45) is 9.04. The molecule has 2 unspecified atom stereocenters. The van der Waals surface area contributed by atoms with Gasteiger partial charge in [0.25, 0.3) is 0 Å². The van der Waals surface area contributed by atoms with Crippen molar-refractivity contribution in [3.05, 3.63) is 188 Å². The van der Waals surface area contributed by atoms with Crippen LogP contribution in [0.4, 0.5) is 11.4 Å². The fourth-order valence-electron chi connectivity index (χ4n) is 7.83. The van der Waals surface area contributed by atoms with Gasteiger partial charge in [-0.2, -0.15) is 0 Å². The normalized spacial score (nSPS) is 16.2. The largest absolute Gasteiger partial charge is 0.333 e. The van der Waals surface area contributed by atoms with Gasteiger partial charge in [-0.05, 0) is 66.2 Å². The number of hydrogen-bond acceptors (Lipinski definition) is 3. The number of benzene rings is 6. The van der Waals surface area contributed by atoms with E-state index in [9.17, 15) is 0 Å². The van der Waals surface area contributed by atoms with Crippen molar-refractivity contribution in [1.29, 1.82) is 0 Å². The van der Waals surface area contributed by atoms with E-state index in [4.69, 9.17) is 9.97 Å². The molecule has 236 valence electrons. The molecule has 0 saturated carbocycles. The fourth-order valence-corrected chi connectivity index (χ4v) is 7.83. The first-order chi connectivity index (χ1) is 24.8. The van der Waals surface area contributed by atoms with Crippen molar-refractivity contribution in [2.45, 2.75) is 12.0 Å². The van der Waals surface area contributed by atoms with Crippen LogP contribution in [-0.2, 0) is 0 Å². The van der Waals surface area contributed by atoms with Crippen LogP contribution in [0.25, 0.3) is 61.4 Å². The van der Waals surface area contributed by atoms with Gasteiger partial charge in [-0.3, -0.25) is 0 Å². The first-order valence-electron chi connectivity index (χ1n) is 17.2. The molecule has 6 aromatic carbocycles. The second-order valence-electron chi connectivity index (χ2n) is 13.0. The molecule has 2 aliphatic rings. The Morgan fingerprint density at radius 3 is 1.66 bits per heavy atom. The van der Waals surface area contributed by atoms with E-state index in [0.29, 0.717) is 5.82 Å². The van der Waals surface area contributed by atoms with Gasteiger partial charge < -0.3 is 9.47 Å². The third-order valence-corrected chi connectivity index (χ3v) is 10.1. The van der Waals surface area contributed by atoms with Gasteiger partial charge in [-0.15, -0.1) is 0 Å². The maximum Gasteiger partial charge on any atom is 0.160 e. The lowest BCUT2D eigenvalue weighted by atomic mass is 9.91. The quantitative estimate of drug-likeness (QED) is 0.188. The summed E-state index contributed by atoms with van der Waals surface area (Å²) in [4.78, 5) is 12.6. The number of aromatic nitrogens is 3. The summed E-state index contributed by atoms with van der Waals surface area (Å²) < 4.78 is 2.41. The number of rotatable bonds is 5. The summed E-state index contributed by atoms with van der Waals surface area (Å²) in [6, 6.07) is 56.1. The minimum atomic E-state index is 0.191. The van der Waals surface area contributed by atoms with Crippen LogP contribution in [0.2, 0.25) is 0 Å². The maximum absolute atomic E-state index is 5.06. The van der Waals surface area contributed by atoms with Crippen LogP contribution < -0.4 is 4.90 Å². The van der Waals surface area contributed by atoms with Crippen molar-refractivity contribution in [2.75, 3.05) is 4.90 Å². The van der Waals surface area contributed by atoms with Gasteiger partial charge >= 0.3 is 0 Å². The SMILES string of the molecule is C1=CC2c3cc(-n4c5ccccc5c5ccccc54)ccc3N(c3ccc(-c4nc(-c5ccccc5)cc(-c5ccccc5)n4)cc3)C2C=C1. The molecule has 8 aromatic rings.